The number of aryl methyl sites for hydroxylation is 1. The first-order valence-corrected chi connectivity index (χ1v) is 8.07. The molecule has 2 aromatic rings. The summed E-state index contributed by atoms with van der Waals surface area (Å²) in [5, 5.41) is 7.49. The zero-order valence-corrected chi connectivity index (χ0v) is 14.0. The van der Waals surface area contributed by atoms with Gasteiger partial charge in [-0.2, -0.15) is 4.98 Å². The quantitative estimate of drug-likeness (QED) is 0.909. The molecule has 3 rings (SSSR count). The largest absolute Gasteiger partial charge is 0.493 e. The van der Waals surface area contributed by atoms with Crippen LogP contribution in [0.5, 0.6) is 5.75 Å². The number of aromatic nitrogens is 2. The van der Waals surface area contributed by atoms with Crippen LogP contribution in [-0.4, -0.2) is 48.3 Å². The minimum Gasteiger partial charge on any atom is -0.493 e. The van der Waals surface area contributed by atoms with Crippen molar-refractivity contribution < 1.29 is 9.26 Å². The van der Waals surface area contributed by atoms with Gasteiger partial charge in [-0.05, 0) is 38.1 Å². The molecule has 1 atom stereocenters. The molecular formula is C17H24N4O2. The molecular weight excluding hydrogens is 292 g/mol. The van der Waals surface area contributed by atoms with Crippen LogP contribution in [0.4, 0.5) is 0 Å². The van der Waals surface area contributed by atoms with Gasteiger partial charge in [0, 0.05) is 19.6 Å². The minimum atomic E-state index is 0.182. The predicted octanol–water partition coefficient (Wildman–Crippen LogP) is 1.88. The van der Waals surface area contributed by atoms with E-state index >= 15 is 0 Å². The van der Waals surface area contributed by atoms with Crippen LogP contribution in [0.15, 0.2) is 22.7 Å². The van der Waals surface area contributed by atoms with Crippen LogP contribution in [-0.2, 0) is 6.42 Å². The van der Waals surface area contributed by atoms with E-state index in [1.165, 1.54) is 11.1 Å². The van der Waals surface area contributed by atoms with Gasteiger partial charge in [-0.3, -0.25) is 4.90 Å². The monoisotopic (exact) mass is 316 g/mol. The number of benzene rings is 1. The van der Waals surface area contributed by atoms with E-state index in [1.54, 1.807) is 0 Å². The fourth-order valence-corrected chi connectivity index (χ4v) is 2.73. The number of ether oxygens (including phenoxy) is 1. The molecule has 23 heavy (non-hydrogen) atoms. The van der Waals surface area contributed by atoms with Gasteiger partial charge in [0.2, 0.25) is 5.89 Å². The highest BCUT2D eigenvalue weighted by Gasteiger charge is 2.25. The Morgan fingerprint density at radius 1 is 1.39 bits per heavy atom. The number of nitrogens with one attached hydrogen (secondary N) is 1. The Kier molecular flexibility index (Phi) is 4.93. The van der Waals surface area contributed by atoms with E-state index in [2.05, 4.69) is 47.3 Å². The molecule has 1 aliphatic heterocycles. The molecule has 1 aromatic heterocycles. The fourth-order valence-electron chi connectivity index (χ4n) is 2.73. The maximum Gasteiger partial charge on any atom is 0.230 e. The summed E-state index contributed by atoms with van der Waals surface area (Å²) in [4.78, 5) is 6.76. The summed E-state index contributed by atoms with van der Waals surface area (Å²) in [7, 11) is 2.09. The van der Waals surface area contributed by atoms with E-state index in [0.29, 0.717) is 18.9 Å². The Hall–Kier alpha value is -1.92. The van der Waals surface area contributed by atoms with E-state index in [9.17, 15) is 0 Å². The van der Waals surface area contributed by atoms with Crippen molar-refractivity contribution in [2.75, 3.05) is 33.3 Å². The lowest BCUT2D eigenvalue weighted by Gasteiger charge is -2.30. The molecule has 1 saturated heterocycles. The number of likely N-dealkylation sites (N-methyl/N-ethyl adjacent to an activating group) is 1. The van der Waals surface area contributed by atoms with Crippen molar-refractivity contribution in [1.82, 2.24) is 20.4 Å². The third kappa shape index (κ3) is 3.71. The third-order valence-electron chi connectivity index (χ3n) is 4.42. The van der Waals surface area contributed by atoms with Gasteiger partial charge in [-0.1, -0.05) is 17.3 Å². The van der Waals surface area contributed by atoms with Gasteiger partial charge in [0.05, 0.1) is 19.1 Å². The van der Waals surface area contributed by atoms with Gasteiger partial charge >= 0.3 is 0 Å². The topological polar surface area (TPSA) is 63.4 Å². The van der Waals surface area contributed by atoms with Crippen molar-refractivity contribution in [3.63, 3.8) is 0 Å². The summed E-state index contributed by atoms with van der Waals surface area (Å²) in [6.07, 6.45) is 0.615. The Morgan fingerprint density at radius 2 is 2.26 bits per heavy atom. The SMILES string of the molecule is Cc1cccc(OCCc2nc(C3CNCCN3C)no2)c1C. The molecule has 6 nitrogen and oxygen atoms in total. The van der Waals surface area contributed by atoms with Crippen LogP contribution in [0.2, 0.25) is 0 Å². The average Bonchev–Trinajstić information content (AvgIpc) is 3.00. The number of hydrogen-bond acceptors (Lipinski definition) is 6. The lowest BCUT2D eigenvalue weighted by molar-refractivity contribution is 0.190. The standard InChI is InChI=1S/C17H24N4O2/c1-12-5-4-6-15(13(12)2)22-10-7-16-19-17(20-23-16)14-11-18-8-9-21(14)3/h4-6,14,18H,7-11H2,1-3H3. The second kappa shape index (κ2) is 7.10. The van der Waals surface area contributed by atoms with E-state index in [4.69, 9.17) is 9.26 Å². The van der Waals surface area contributed by atoms with Crippen LogP contribution < -0.4 is 10.1 Å². The van der Waals surface area contributed by atoms with Crippen molar-refractivity contribution in [2.24, 2.45) is 0 Å². The van der Waals surface area contributed by atoms with Crippen molar-refractivity contribution in [1.29, 1.82) is 0 Å². The number of hydrogen-bond donors (Lipinski definition) is 1. The molecule has 0 aliphatic carbocycles. The Bertz CT molecular complexity index is 656. The highest BCUT2D eigenvalue weighted by molar-refractivity contribution is 5.38. The Morgan fingerprint density at radius 3 is 3.09 bits per heavy atom. The van der Waals surface area contributed by atoms with Crippen molar-refractivity contribution >= 4 is 0 Å². The van der Waals surface area contributed by atoms with Gasteiger partial charge < -0.3 is 14.6 Å². The highest BCUT2D eigenvalue weighted by atomic mass is 16.5. The summed E-state index contributed by atoms with van der Waals surface area (Å²) in [6, 6.07) is 6.26. The van der Waals surface area contributed by atoms with Gasteiger partial charge in [0.25, 0.3) is 0 Å². The zero-order chi connectivity index (χ0) is 16.2. The molecule has 124 valence electrons. The number of nitrogens with zero attached hydrogens (tertiary/aromatic N) is 3. The normalized spacial score (nSPS) is 19.0. The smallest absolute Gasteiger partial charge is 0.230 e. The van der Waals surface area contributed by atoms with Gasteiger partial charge in [-0.15, -0.1) is 0 Å². The molecule has 1 aliphatic rings. The second-order valence-electron chi connectivity index (χ2n) is 6.04. The molecule has 0 saturated carbocycles. The Balaban J connectivity index is 1.56. The Labute approximate surface area is 136 Å². The molecule has 2 heterocycles. The maximum absolute atomic E-state index is 5.85. The first kappa shape index (κ1) is 16.0. The molecule has 0 radical (unpaired) electrons. The van der Waals surface area contributed by atoms with Gasteiger partial charge in [-0.25, -0.2) is 0 Å². The fraction of sp³-hybridized carbons (Fsp3) is 0.529. The molecule has 1 aromatic carbocycles. The van der Waals surface area contributed by atoms with E-state index < -0.39 is 0 Å². The molecule has 1 N–H and O–H groups in total. The van der Waals surface area contributed by atoms with Crippen molar-refractivity contribution in [3.05, 3.63) is 41.0 Å². The molecule has 6 heteroatoms. The number of piperazine rings is 1. The lowest BCUT2D eigenvalue weighted by Crippen LogP contribution is -2.44. The van der Waals surface area contributed by atoms with Crippen LogP contribution in [0.1, 0.15) is 28.9 Å². The van der Waals surface area contributed by atoms with Crippen molar-refractivity contribution in [3.8, 4) is 5.75 Å². The average molecular weight is 316 g/mol. The van der Waals surface area contributed by atoms with Gasteiger partial charge in [0.15, 0.2) is 5.82 Å². The first-order chi connectivity index (χ1) is 11.1. The summed E-state index contributed by atoms with van der Waals surface area (Å²) < 4.78 is 11.2. The van der Waals surface area contributed by atoms with E-state index in [-0.39, 0.29) is 6.04 Å². The minimum absolute atomic E-state index is 0.182. The third-order valence-corrected chi connectivity index (χ3v) is 4.42. The van der Waals surface area contributed by atoms with E-state index in [1.807, 2.05) is 12.1 Å². The molecule has 0 amide bonds. The van der Waals surface area contributed by atoms with Crippen LogP contribution in [0.25, 0.3) is 0 Å². The van der Waals surface area contributed by atoms with Crippen molar-refractivity contribution in [2.45, 2.75) is 26.3 Å². The van der Waals surface area contributed by atoms with Crippen LogP contribution in [0.3, 0.4) is 0 Å². The summed E-state index contributed by atoms with van der Waals surface area (Å²) in [6.45, 7) is 7.54. The molecule has 1 fully saturated rings. The maximum atomic E-state index is 5.85. The summed E-state index contributed by atoms with van der Waals surface area (Å²) in [5.41, 5.74) is 2.41. The molecule has 0 bridgehead atoms. The lowest BCUT2D eigenvalue weighted by atomic mass is 10.1. The van der Waals surface area contributed by atoms with Crippen LogP contribution in [0, 0.1) is 13.8 Å². The summed E-state index contributed by atoms with van der Waals surface area (Å²) >= 11 is 0. The number of rotatable bonds is 5. The van der Waals surface area contributed by atoms with Crippen LogP contribution >= 0.6 is 0 Å². The van der Waals surface area contributed by atoms with Gasteiger partial charge in [0.1, 0.15) is 5.75 Å². The second-order valence-corrected chi connectivity index (χ2v) is 6.04. The summed E-state index contributed by atoms with van der Waals surface area (Å²) in [5.74, 6) is 2.30. The first-order valence-electron chi connectivity index (χ1n) is 8.07. The molecule has 1 unspecified atom stereocenters. The predicted molar refractivity (Wildman–Crippen MR) is 87.7 cm³/mol. The van der Waals surface area contributed by atoms with E-state index in [0.717, 1.165) is 31.2 Å². The zero-order valence-electron chi connectivity index (χ0n) is 14.0. The highest BCUT2D eigenvalue weighted by Crippen LogP contribution is 2.21. The molecule has 0 spiro atoms.